The van der Waals surface area contributed by atoms with Crippen molar-refractivity contribution < 1.29 is 19.1 Å². The fraction of sp³-hybridized carbons (Fsp3) is 0.143. The summed E-state index contributed by atoms with van der Waals surface area (Å²) in [5, 5.41) is 21.2. The van der Waals surface area contributed by atoms with E-state index in [1.54, 1.807) is 6.20 Å². The van der Waals surface area contributed by atoms with E-state index in [4.69, 9.17) is 4.42 Å². The standard InChI is InChI=1S/C21H18N4O4S/c26-18(12-30-21-25-24-19(29-21)13-6-2-1-3-7-13)23-17(20(27)28)10-14-11-22-16-9-5-4-8-15(14)16/h1-9,11,17,22H,10,12H2,(H,23,26)(H,27,28). The average molecular weight is 422 g/mol. The molecule has 152 valence electrons. The Labute approximate surface area is 175 Å². The summed E-state index contributed by atoms with van der Waals surface area (Å²) in [6.07, 6.45) is 1.94. The Kier molecular flexibility index (Phi) is 5.80. The number of aromatic nitrogens is 3. The van der Waals surface area contributed by atoms with E-state index in [-0.39, 0.29) is 17.4 Å². The number of hydrogen-bond acceptors (Lipinski definition) is 6. The molecule has 4 aromatic rings. The number of hydrogen-bond donors (Lipinski definition) is 3. The highest BCUT2D eigenvalue weighted by Crippen LogP contribution is 2.23. The molecule has 2 aromatic heterocycles. The van der Waals surface area contributed by atoms with Gasteiger partial charge in [-0.3, -0.25) is 4.79 Å². The Morgan fingerprint density at radius 3 is 2.67 bits per heavy atom. The van der Waals surface area contributed by atoms with E-state index in [9.17, 15) is 14.7 Å². The second-order valence-corrected chi connectivity index (χ2v) is 7.48. The molecule has 2 heterocycles. The number of aromatic amines is 1. The molecule has 3 N–H and O–H groups in total. The van der Waals surface area contributed by atoms with Gasteiger partial charge in [0, 0.05) is 29.1 Å². The lowest BCUT2D eigenvalue weighted by Crippen LogP contribution is -2.43. The topological polar surface area (TPSA) is 121 Å². The van der Waals surface area contributed by atoms with E-state index >= 15 is 0 Å². The monoisotopic (exact) mass is 422 g/mol. The second-order valence-electron chi connectivity index (χ2n) is 6.55. The first-order valence-electron chi connectivity index (χ1n) is 9.19. The van der Waals surface area contributed by atoms with Crippen LogP contribution in [0.3, 0.4) is 0 Å². The molecule has 1 unspecified atom stereocenters. The zero-order valence-corrected chi connectivity index (χ0v) is 16.6. The summed E-state index contributed by atoms with van der Waals surface area (Å²) in [5.74, 6) is -1.19. The predicted molar refractivity (Wildman–Crippen MR) is 112 cm³/mol. The predicted octanol–water partition coefficient (Wildman–Crippen LogP) is 3.12. The molecular formula is C21H18N4O4S. The maximum atomic E-state index is 12.3. The Balaban J connectivity index is 1.36. The number of aliphatic carboxylic acids is 1. The highest BCUT2D eigenvalue weighted by atomic mass is 32.2. The number of para-hydroxylation sites is 1. The van der Waals surface area contributed by atoms with Gasteiger partial charge in [-0.2, -0.15) is 0 Å². The molecule has 1 atom stereocenters. The van der Waals surface area contributed by atoms with Gasteiger partial charge in [0.1, 0.15) is 6.04 Å². The summed E-state index contributed by atoms with van der Waals surface area (Å²) in [5.41, 5.74) is 2.53. The highest BCUT2D eigenvalue weighted by molar-refractivity contribution is 7.99. The van der Waals surface area contributed by atoms with Gasteiger partial charge < -0.3 is 19.8 Å². The van der Waals surface area contributed by atoms with Gasteiger partial charge in [-0.05, 0) is 23.8 Å². The number of benzene rings is 2. The van der Waals surface area contributed by atoms with Gasteiger partial charge in [-0.25, -0.2) is 4.79 Å². The van der Waals surface area contributed by atoms with Gasteiger partial charge in [0.05, 0.1) is 5.75 Å². The lowest BCUT2D eigenvalue weighted by atomic mass is 10.1. The third-order valence-corrected chi connectivity index (χ3v) is 5.30. The number of carbonyl (C=O) groups excluding carboxylic acids is 1. The summed E-state index contributed by atoms with van der Waals surface area (Å²) < 4.78 is 5.55. The first-order valence-corrected chi connectivity index (χ1v) is 10.2. The Hall–Kier alpha value is -3.59. The molecule has 0 bridgehead atoms. The van der Waals surface area contributed by atoms with Crippen LogP contribution in [0.4, 0.5) is 0 Å². The van der Waals surface area contributed by atoms with Crippen molar-refractivity contribution in [2.24, 2.45) is 0 Å². The summed E-state index contributed by atoms with van der Waals surface area (Å²) in [6.45, 7) is 0. The van der Waals surface area contributed by atoms with Gasteiger partial charge in [0.2, 0.25) is 11.8 Å². The van der Waals surface area contributed by atoms with E-state index in [0.29, 0.717) is 5.89 Å². The Morgan fingerprint density at radius 1 is 1.10 bits per heavy atom. The molecule has 1 amide bonds. The molecule has 9 heteroatoms. The number of amides is 1. The summed E-state index contributed by atoms with van der Waals surface area (Å²) in [4.78, 5) is 27.1. The third-order valence-electron chi connectivity index (χ3n) is 4.49. The number of rotatable bonds is 8. The molecular weight excluding hydrogens is 404 g/mol. The van der Waals surface area contributed by atoms with Crippen LogP contribution in [0.5, 0.6) is 0 Å². The normalized spacial score (nSPS) is 12.0. The maximum absolute atomic E-state index is 12.3. The zero-order valence-electron chi connectivity index (χ0n) is 15.7. The minimum Gasteiger partial charge on any atom is -0.480 e. The molecule has 4 rings (SSSR count). The highest BCUT2D eigenvalue weighted by Gasteiger charge is 2.22. The third kappa shape index (κ3) is 4.52. The molecule has 0 saturated heterocycles. The van der Waals surface area contributed by atoms with E-state index < -0.39 is 17.9 Å². The smallest absolute Gasteiger partial charge is 0.326 e. The number of H-pyrrole nitrogens is 1. The van der Waals surface area contributed by atoms with E-state index in [1.165, 1.54) is 0 Å². The van der Waals surface area contributed by atoms with E-state index in [1.807, 2.05) is 54.6 Å². The quantitative estimate of drug-likeness (QED) is 0.373. The van der Waals surface area contributed by atoms with Crippen LogP contribution < -0.4 is 5.32 Å². The number of carboxylic acids is 1. The molecule has 30 heavy (non-hydrogen) atoms. The lowest BCUT2D eigenvalue weighted by Gasteiger charge is -2.13. The number of nitrogens with one attached hydrogen (secondary N) is 2. The molecule has 0 aliphatic rings. The number of nitrogens with zero attached hydrogens (tertiary/aromatic N) is 2. The molecule has 0 spiro atoms. The minimum absolute atomic E-state index is 0.0336. The van der Waals surface area contributed by atoms with Crippen molar-refractivity contribution in [1.82, 2.24) is 20.5 Å². The van der Waals surface area contributed by atoms with Crippen LogP contribution in [-0.2, 0) is 16.0 Å². The fourth-order valence-electron chi connectivity index (χ4n) is 3.05. The minimum atomic E-state index is -1.09. The van der Waals surface area contributed by atoms with Crippen molar-refractivity contribution in [2.75, 3.05) is 5.75 Å². The van der Waals surface area contributed by atoms with Crippen molar-refractivity contribution in [3.63, 3.8) is 0 Å². The SMILES string of the molecule is O=C(CSc1nnc(-c2ccccc2)o1)NC(Cc1c[nH]c2ccccc12)C(=O)O. The number of thioether (sulfide) groups is 1. The number of carbonyl (C=O) groups is 2. The van der Waals surface area contributed by atoms with Gasteiger partial charge in [0.15, 0.2) is 0 Å². The summed E-state index contributed by atoms with van der Waals surface area (Å²) in [7, 11) is 0. The summed E-state index contributed by atoms with van der Waals surface area (Å²) in [6, 6.07) is 15.9. The Bertz CT molecular complexity index is 1170. The van der Waals surface area contributed by atoms with Crippen molar-refractivity contribution in [3.8, 4) is 11.5 Å². The lowest BCUT2D eigenvalue weighted by molar-refractivity contribution is -0.141. The molecule has 0 aliphatic carbocycles. The van der Waals surface area contributed by atoms with Crippen molar-refractivity contribution in [2.45, 2.75) is 17.7 Å². The molecule has 0 radical (unpaired) electrons. The molecule has 8 nitrogen and oxygen atoms in total. The first-order chi connectivity index (χ1) is 14.6. The van der Waals surface area contributed by atoms with Crippen molar-refractivity contribution in [3.05, 3.63) is 66.4 Å². The van der Waals surface area contributed by atoms with Crippen molar-refractivity contribution in [1.29, 1.82) is 0 Å². The number of carboxylic acid groups (broad SMARTS) is 1. The average Bonchev–Trinajstić information content (AvgIpc) is 3.40. The van der Waals surface area contributed by atoms with Crippen molar-refractivity contribution >= 4 is 34.5 Å². The van der Waals surface area contributed by atoms with Gasteiger partial charge >= 0.3 is 5.97 Å². The van der Waals surface area contributed by atoms with Crippen LogP contribution in [0.25, 0.3) is 22.4 Å². The first kappa shape index (κ1) is 19.7. The molecule has 0 saturated carbocycles. The Morgan fingerprint density at radius 2 is 1.87 bits per heavy atom. The van der Waals surface area contributed by atoms with Crippen LogP contribution in [0, 0.1) is 0 Å². The van der Waals surface area contributed by atoms with Gasteiger partial charge in [0.25, 0.3) is 5.22 Å². The van der Waals surface area contributed by atoms with Crippen LogP contribution in [0.1, 0.15) is 5.56 Å². The molecule has 0 fully saturated rings. The van der Waals surface area contributed by atoms with Crippen LogP contribution in [-0.4, -0.2) is 44.0 Å². The zero-order chi connectivity index (χ0) is 20.9. The molecule has 0 aliphatic heterocycles. The van der Waals surface area contributed by atoms with Crippen LogP contribution in [0.2, 0.25) is 0 Å². The van der Waals surface area contributed by atoms with E-state index in [0.717, 1.165) is 33.8 Å². The maximum Gasteiger partial charge on any atom is 0.326 e. The molecule has 2 aromatic carbocycles. The fourth-order valence-corrected chi connectivity index (χ4v) is 3.62. The van der Waals surface area contributed by atoms with E-state index in [2.05, 4.69) is 20.5 Å². The van der Waals surface area contributed by atoms with Crippen LogP contribution in [0.15, 0.2) is 70.4 Å². The largest absolute Gasteiger partial charge is 0.480 e. The van der Waals surface area contributed by atoms with Gasteiger partial charge in [-0.15, -0.1) is 10.2 Å². The summed E-state index contributed by atoms with van der Waals surface area (Å²) >= 11 is 1.06. The van der Waals surface area contributed by atoms with Gasteiger partial charge in [-0.1, -0.05) is 48.2 Å². The number of fused-ring (bicyclic) bond motifs is 1. The second kappa shape index (κ2) is 8.83. The van der Waals surface area contributed by atoms with Crippen LogP contribution >= 0.6 is 11.8 Å².